The van der Waals surface area contributed by atoms with Gasteiger partial charge in [-0.1, -0.05) is 12.1 Å². The monoisotopic (exact) mass is 380 g/mol. The van der Waals surface area contributed by atoms with Gasteiger partial charge in [0, 0.05) is 43.3 Å². The zero-order valence-electron chi connectivity index (χ0n) is 13.6. The molecule has 9 heteroatoms. The molecule has 25 heavy (non-hydrogen) atoms. The van der Waals surface area contributed by atoms with Gasteiger partial charge in [0.1, 0.15) is 0 Å². The summed E-state index contributed by atoms with van der Waals surface area (Å²) in [6.07, 6.45) is 0. The number of carbonyl (C=O) groups is 1. The van der Waals surface area contributed by atoms with Crippen LogP contribution < -0.4 is 10.5 Å². The van der Waals surface area contributed by atoms with Gasteiger partial charge < -0.3 is 10.2 Å². The Morgan fingerprint density at radius 2 is 1.92 bits per heavy atom. The van der Waals surface area contributed by atoms with Crippen molar-refractivity contribution in [2.24, 2.45) is 5.14 Å². The van der Waals surface area contributed by atoms with Crippen molar-refractivity contribution < 1.29 is 13.2 Å². The smallest absolute Gasteiger partial charge is 0.321 e. The van der Waals surface area contributed by atoms with E-state index in [4.69, 9.17) is 5.14 Å². The Labute approximate surface area is 151 Å². The van der Waals surface area contributed by atoms with E-state index in [9.17, 15) is 13.2 Å². The van der Waals surface area contributed by atoms with Gasteiger partial charge in [0.15, 0.2) is 0 Å². The highest BCUT2D eigenvalue weighted by Crippen LogP contribution is 2.16. The van der Waals surface area contributed by atoms with Gasteiger partial charge >= 0.3 is 6.03 Å². The molecule has 1 saturated heterocycles. The number of urea groups is 1. The first kappa shape index (κ1) is 17.9. The number of rotatable bonds is 4. The van der Waals surface area contributed by atoms with Gasteiger partial charge in [-0.05, 0) is 29.6 Å². The zero-order valence-corrected chi connectivity index (χ0v) is 15.2. The lowest BCUT2D eigenvalue weighted by atomic mass is 10.3. The van der Waals surface area contributed by atoms with E-state index < -0.39 is 10.0 Å². The summed E-state index contributed by atoms with van der Waals surface area (Å²) >= 11 is 1.73. The highest BCUT2D eigenvalue weighted by Gasteiger charge is 2.21. The molecule has 0 atom stereocenters. The van der Waals surface area contributed by atoms with E-state index >= 15 is 0 Å². The van der Waals surface area contributed by atoms with E-state index in [0.29, 0.717) is 18.8 Å². The lowest BCUT2D eigenvalue weighted by Gasteiger charge is -2.34. The molecule has 3 N–H and O–H groups in total. The van der Waals surface area contributed by atoms with Crippen molar-refractivity contribution in [2.45, 2.75) is 11.4 Å². The van der Waals surface area contributed by atoms with E-state index in [2.05, 4.69) is 21.7 Å². The molecule has 0 spiro atoms. The van der Waals surface area contributed by atoms with Crippen LogP contribution in [0.25, 0.3) is 0 Å². The number of amides is 2. The van der Waals surface area contributed by atoms with Crippen LogP contribution in [0.5, 0.6) is 0 Å². The third-order valence-electron chi connectivity index (χ3n) is 4.03. The number of carbonyl (C=O) groups excluding carboxylic acids is 1. The molecule has 1 aromatic carbocycles. The summed E-state index contributed by atoms with van der Waals surface area (Å²) in [5, 5.41) is 9.91. The lowest BCUT2D eigenvalue weighted by molar-refractivity contribution is 0.143. The number of thiophene rings is 1. The Bertz CT molecular complexity index is 829. The van der Waals surface area contributed by atoms with Gasteiger partial charge in [-0.25, -0.2) is 18.4 Å². The summed E-state index contributed by atoms with van der Waals surface area (Å²) in [4.78, 5) is 17.7. The van der Waals surface area contributed by atoms with Crippen LogP contribution in [0.15, 0.2) is 46.7 Å². The van der Waals surface area contributed by atoms with Crippen LogP contribution in [0.1, 0.15) is 4.88 Å². The third kappa shape index (κ3) is 4.79. The predicted molar refractivity (Wildman–Crippen MR) is 98.0 cm³/mol. The number of nitrogens with two attached hydrogens (primary N) is 1. The van der Waals surface area contributed by atoms with Crippen LogP contribution in [0.4, 0.5) is 10.5 Å². The van der Waals surface area contributed by atoms with Crippen molar-refractivity contribution in [3.8, 4) is 0 Å². The number of anilines is 1. The summed E-state index contributed by atoms with van der Waals surface area (Å²) in [5.74, 6) is 0. The van der Waals surface area contributed by atoms with Crippen LogP contribution >= 0.6 is 11.3 Å². The second-order valence-electron chi connectivity index (χ2n) is 5.85. The average Bonchev–Trinajstić information content (AvgIpc) is 3.08. The van der Waals surface area contributed by atoms with Crippen molar-refractivity contribution in [3.63, 3.8) is 0 Å². The molecule has 7 nitrogen and oxygen atoms in total. The Balaban J connectivity index is 1.54. The van der Waals surface area contributed by atoms with Crippen molar-refractivity contribution in [1.29, 1.82) is 0 Å². The summed E-state index contributed by atoms with van der Waals surface area (Å²) < 4.78 is 22.8. The third-order valence-corrected chi connectivity index (χ3v) is 5.81. The van der Waals surface area contributed by atoms with Crippen molar-refractivity contribution in [3.05, 3.63) is 46.7 Å². The van der Waals surface area contributed by atoms with E-state index in [1.165, 1.54) is 17.0 Å². The number of hydrogen-bond donors (Lipinski definition) is 2. The number of sulfonamides is 1. The maximum Gasteiger partial charge on any atom is 0.321 e. The van der Waals surface area contributed by atoms with Crippen LogP contribution in [-0.2, 0) is 16.6 Å². The van der Waals surface area contributed by atoms with Crippen LogP contribution in [0.2, 0.25) is 0 Å². The first-order valence-corrected chi connectivity index (χ1v) is 10.3. The normalized spacial score (nSPS) is 16.0. The van der Waals surface area contributed by atoms with Gasteiger partial charge in [-0.3, -0.25) is 4.90 Å². The molecular weight excluding hydrogens is 360 g/mol. The molecule has 0 aliphatic carbocycles. The topological polar surface area (TPSA) is 95.7 Å². The second-order valence-corrected chi connectivity index (χ2v) is 8.44. The molecule has 2 heterocycles. The van der Waals surface area contributed by atoms with Crippen LogP contribution in [0, 0.1) is 0 Å². The predicted octanol–water partition coefficient (Wildman–Crippen LogP) is 1.75. The number of primary sulfonamides is 1. The van der Waals surface area contributed by atoms with Crippen molar-refractivity contribution in [1.82, 2.24) is 9.80 Å². The molecule has 0 bridgehead atoms. The molecule has 0 radical (unpaired) electrons. The fraction of sp³-hybridized carbons (Fsp3) is 0.312. The molecule has 1 aromatic heterocycles. The fourth-order valence-corrected chi connectivity index (χ4v) is 3.99. The summed E-state index contributed by atoms with van der Waals surface area (Å²) in [6.45, 7) is 3.78. The van der Waals surface area contributed by atoms with Gasteiger partial charge in [0.25, 0.3) is 0 Å². The summed E-state index contributed by atoms with van der Waals surface area (Å²) in [5.41, 5.74) is 0.414. The standard InChI is InChI=1S/C16H20N4O3S2/c17-25(22,23)15-5-1-3-13(11-15)18-16(21)20-8-6-19(7-9-20)12-14-4-2-10-24-14/h1-5,10-11H,6-9,12H2,(H,18,21)(H2,17,22,23). The van der Waals surface area contributed by atoms with Crippen molar-refractivity contribution >= 4 is 33.1 Å². The minimum atomic E-state index is -3.79. The number of piperazine rings is 1. The van der Waals surface area contributed by atoms with E-state index in [1.54, 1.807) is 28.4 Å². The van der Waals surface area contributed by atoms with Crippen LogP contribution in [-0.4, -0.2) is 50.4 Å². The quantitative estimate of drug-likeness (QED) is 0.845. The average molecular weight is 380 g/mol. The number of benzene rings is 1. The van der Waals surface area contributed by atoms with E-state index in [0.717, 1.165) is 19.6 Å². The number of hydrogen-bond acceptors (Lipinski definition) is 5. The Morgan fingerprint density at radius 1 is 1.16 bits per heavy atom. The Hall–Kier alpha value is -1.94. The minimum absolute atomic E-state index is 0.0222. The van der Waals surface area contributed by atoms with E-state index in [1.807, 2.05) is 6.07 Å². The van der Waals surface area contributed by atoms with Crippen molar-refractivity contribution in [2.75, 3.05) is 31.5 Å². The van der Waals surface area contributed by atoms with Gasteiger partial charge in [-0.15, -0.1) is 11.3 Å². The number of nitrogens with one attached hydrogen (secondary N) is 1. The van der Waals surface area contributed by atoms with Gasteiger partial charge in [-0.2, -0.15) is 0 Å². The molecule has 1 fully saturated rings. The van der Waals surface area contributed by atoms with Gasteiger partial charge in [0.2, 0.25) is 10.0 Å². The maximum absolute atomic E-state index is 12.4. The first-order chi connectivity index (χ1) is 11.9. The zero-order chi connectivity index (χ0) is 17.9. The largest absolute Gasteiger partial charge is 0.322 e. The summed E-state index contributed by atoms with van der Waals surface area (Å²) in [7, 11) is -3.79. The SMILES string of the molecule is NS(=O)(=O)c1cccc(NC(=O)N2CCN(Cc3cccs3)CC2)c1. The summed E-state index contributed by atoms with van der Waals surface area (Å²) in [6, 6.07) is 9.87. The molecule has 134 valence electrons. The first-order valence-electron chi connectivity index (χ1n) is 7.85. The molecule has 2 amide bonds. The highest BCUT2D eigenvalue weighted by atomic mass is 32.2. The highest BCUT2D eigenvalue weighted by molar-refractivity contribution is 7.89. The van der Waals surface area contributed by atoms with Crippen LogP contribution in [0.3, 0.4) is 0 Å². The molecular formula is C16H20N4O3S2. The molecule has 1 aliphatic rings. The molecule has 2 aromatic rings. The molecule has 1 aliphatic heterocycles. The molecule has 3 rings (SSSR count). The lowest BCUT2D eigenvalue weighted by Crippen LogP contribution is -2.49. The van der Waals surface area contributed by atoms with Gasteiger partial charge in [0.05, 0.1) is 4.90 Å². The maximum atomic E-state index is 12.4. The second kappa shape index (κ2) is 7.52. The minimum Gasteiger partial charge on any atom is -0.322 e. The fourth-order valence-electron chi connectivity index (χ4n) is 2.69. The molecule has 0 unspecified atom stereocenters. The van der Waals surface area contributed by atoms with E-state index in [-0.39, 0.29) is 10.9 Å². The number of nitrogens with zero attached hydrogens (tertiary/aromatic N) is 2. The molecule has 0 saturated carbocycles. The Morgan fingerprint density at radius 3 is 2.56 bits per heavy atom. The Kier molecular flexibility index (Phi) is 5.38.